The van der Waals surface area contributed by atoms with Gasteiger partial charge in [0.2, 0.25) is 0 Å². The summed E-state index contributed by atoms with van der Waals surface area (Å²) in [7, 11) is 0. The van der Waals surface area contributed by atoms with Crippen molar-refractivity contribution in [2.24, 2.45) is 10.8 Å². The number of carbonyl (C=O) groups excluding carboxylic acids is 2. The minimum absolute atomic E-state index is 0.0457. The van der Waals surface area contributed by atoms with Gasteiger partial charge in [-0.3, -0.25) is 0 Å². The summed E-state index contributed by atoms with van der Waals surface area (Å²) in [6.45, 7) is 23.4. The van der Waals surface area contributed by atoms with Crippen molar-refractivity contribution in [1.29, 1.82) is 0 Å². The Kier molecular flexibility index (Phi) is 8.50. The topological polar surface area (TPSA) is 46.6 Å². The van der Waals surface area contributed by atoms with Crippen LogP contribution in [0.1, 0.15) is 125 Å². The third kappa shape index (κ3) is 6.40. The predicted molar refractivity (Wildman–Crippen MR) is 255 cm³/mol. The van der Waals surface area contributed by atoms with Gasteiger partial charge in [-0.05, 0) is 161 Å². The van der Waals surface area contributed by atoms with E-state index in [0.717, 1.165) is 63.3 Å². The van der Waals surface area contributed by atoms with Gasteiger partial charge in [0.25, 0.3) is 0 Å². The maximum atomic E-state index is 12.9. The smallest absolute Gasteiger partial charge is 0.346 e. The van der Waals surface area contributed by atoms with E-state index in [9.17, 15) is 9.59 Å². The Balaban J connectivity index is 1.10. The lowest BCUT2D eigenvalue weighted by molar-refractivity contribution is 0.0391. The van der Waals surface area contributed by atoms with Crippen LogP contribution in [0.2, 0.25) is 0 Å². The molecule has 0 saturated heterocycles. The SMILES string of the molecule is CC(C)(C)CC(C)(C)c1ccc(N(c2ccc(C(C)(C)CC(C)(C)C)cc2)c2ccc3c(c2)Cc2ccc4c5ccc6c7c(ccc(c8ccc-3c2c48)c75)C(=O)OC6=O)cc1. The molecule has 8 aromatic carbocycles. The number of hydrogen-bond acceptors (Lipinski definition) is 4. The van der Waals surface area contributed by atoms with Crippen molar-refractivity contribution in [3.8, 4) is 11.1 Å². The highest BCUT2D eigenvalue weighted by Gasteiger charge is 2.32. The van der Waals surface area contributed by atoms with Crippen LogP contribution in [0.4, 0.5) is 17.1 Å². The number of nitrogens with zero attached hydrogens (tertiary/aromatic N) is 1. The predicted octanol–water partition coefficient (Wildman–Crippen LogP) is 15.5. The molecule has 0 aromatic heterocycles. The molecule has 8 aromatic rings. The summed E-state index contributed by atoms with van der Waals surface area (Å²) in [6, 6.07) is 42.3. The van der Waals surface area contributed by atoms with Crippen LogP contribution in [0.5, 0.6) is 0 Å². The number of rotatable bonds is 7. The van der Waals surface area contributed by atoms with E-state index >= 15 is 0 Å². The van der Waals surface area contributed by atoms with Crippen LogP contribution in [0, 0.1) is 10.8 Å². The van der Waals surface area contributed by atoms with Crippen molar-refractivity contribution in [3.63, 3.8) is 0 Å². The van der Waals surface area contributed by atoms with Crippen LogP contribution < -0.4 is 4.90 Å². The second kappa shape index (κ2) is 13.2. The summed E-state index contributed by atoms with van der Waals surface area (Å²) < 4.78 is 5.10. The normalized spacial score (nSPS) is 14.3. The van der Waals surface area contributed by atoms with Crippen LogP contribution in [0.25, 0.3) is 54.2 Å². The Labute approximate surface area is 359 Å². The van der Waals surface area contributed by atoms with Gasteiger partial charge in [0.1, 0.15) is 0 Å². The fraction of sp³-hybridized carbons (Fsp3) is 0.298. The highest BCUT2D eigenvalue weighted by atomic mass is 16.6. The minimum Gasteiger partial charge on any atom is -0.386 e. The number of benzene rings is 8. The van der Waals surface area contributed by atoms with Gasteiger partial charge in [0, 0.05) is 22.4 Å². The van der Waals surface area contributed by atoms with Crippen LogP contribution >= 0.6 is 0 Å². The molecule has 0 bridgehead atoms. The van der Waals surface area contributed by atoms with Gasteiger partial charge in [-0.25, -0.2) is 9.59 Å². The zero-order valence-corrected chi connectivity index (χ0v) is 37.3. The third-order valence-electron chi connectivity index (χ3n) is 13.4. The van der Waals surface area contributed by atoms with E-state index in [1.807, 2.05) is 24.3 Å². The molecule has 0 unspecified atom stereocenters. The molecule has 2 aliphatic rings. The average Bonchev–Trinajstić information content (AvgIpc) is 3.18. The molecule has 1 aliphatic heterocycles. The van der Waals surface area contributed by atoms with Crippen molar-refractivity contribution < 1.29 is 14.3 Å². The highest BCUT2D eigenvalue weighted by molar-refractivity contribution is 6.38. The molecule has 1 heterocycles. The maximum Gasteiger partial charge on any atom is 0.346 e. The zero-order chi connectivity index (χ0) is 43.0. The first-order valence-electron chi connectivity index (χ1n) is 21.9. The Bertz CT molecular complexity index is 2980. The lowest BCUT2D eigenvalue weighted by Crippen LogP contribution is -2.25. The number of carbonyl (C=O) groups is 2. The number of esters is 2. The summed E-state index contributed by atoms with van der Waals surface area (Å²) >= 11 is 0. The Morgan fingerprint density at radius 1 is 0.426 bits per heavy atom. The van der Waals surface area contributed by atoms with Crippen molar-refractivity contribution in [2.75, 3.05) is 4.90 Å². The second-order valence-corrected chi connectivity index (χ2v) is 21.6. The highest BCUT2D eigenvalue weighted by Crippen LogP contribution is 2.50. The molecule has 0 spiro atoms. The first-order chi connectivity index (χ1) is 28.8. The van der Waals surface area contributed by atoms with E-state index in [1.165, 1.54) is 44.2 Å². The van der Waals surface area contributed by atoms with Crippen molar-refractivity contribution in [2.45, 2.75) is 99.3 Å². The van der Waals surface area contributed by atoms with E-state index in [1.54, 1.807) is 0 Å². The minimum atomic E-state index is -0.582. The molecule has 0 fully saturated rings. The molecule has 0 radical (unpaired) electrons. The second-order valence-electron chi connectivity index (χ2n) is 21.6. The van der Waals surface area contributed by atoms with Gasteiger partial charge in [-0.1, -0.05) is 136 Å². The monoisotopic (exact) mass is 801 g/mol. The fourth-order valence-electron chi connectivity index (χ4n) is 11.6. The van der Waals surface area contributed by atoms with Gasteiger partial charge in [-0.2, -0.15) is 0 Å². The summed E-state index contributed by atoms with van der Waals surface area (Å²) in [5.74, 6) is -1.16. The Hall–Kier alpha value is -6.00. The van der Waals surface area contributed by atoms with Crippen LogP contribution in [-0.4, -0.2) is 11.9 Å². The van der Waals surface area contributed by atoms with Gasteiger partial charge in [0.05, 0.1) is 11.1 Å². The number of ether oxygens (including phenoxy) is 1. The largest absolute Gasteiger partial charge is 0.386 e. The first kappa shape index (κ1) is 39.2. The lowest BCUT2D eigenvalue weighted by atomic mass is 9.72. The van der Waals surface area contributed by atoms with E-state index in [2.05, 4.69) is 165 Å². The molecule has 0 amide bonds. The molecule has 61 heavy (non-hydrogen) atoms. The van der Waals surface area contributed by atoms with Crippen LogP contribution in [0.3, 0.4) is 0 Å². The molecule has 4 nitrogen and oxygen atoms in total. The molecular weight excluding hydrogens is 747 g/mol. The number of hydrogen-bond donors (Lipinski definition) is 0. The van der Waals surface area contributed by atoms with E-state index in [4.69, 9.17) is 4.74 Å². The van der Waals surface area contributed by atoms with Gasteiger partial charge < -0.3 is 9.64 Å². The third-order valence-corrected chi connectivity index (χ3v) is 13.4. The zero-order valence-electron chi connectivity index (χ0n) is 37.3. The molecule has 0 saturated carbocycles. The van der Waals surface area contributed by atoms with Gasteiger partial charge in [-0.15, -0.1) is 0 Å². The molecule has 0 atom stereocenters. The number of fused-ring (bicyclic) bond motifs is 4. The van der Waals surface area contributed by atoms with Gasteiger partial charge >= 0.3 is 11.9 Å². The Morgan fingerprint density at radius 3 is 1.31 bits per heavy atom. The van der Waals surface area contributed by atoms with Crippen LogP contribution in [-0.2, 0) is 22.0 Å². The van der Waals surface area contributed by atoms with Gasteiger partial charge in [0.15, 0.2) is 0 Å². The summed E-state index contributed by atoms with van der Waals surface area (Å²) in [6.07, 6.45) is 3.00. The Morgan fingerprint density at radius 2 is 0.836 bits per heavy atom. The van der Waals surface area contributed by atoms with E-state index < -0.39 is 11.9 Å². The molecule has 0 N–H and O–H groups in total. The standard InChI is InChI=1S/C57H55NO3/c1-54(2,3)31-56(7,8)35-12-16-37(17-13-35)58(38-18-14-36(15-19-38)57(9,10)32-55(4,5)6)39-20-22-40-34(30-39)29-33-11-21-42-44-25-27-46-51-47(53(60)61-52(46)59)28-26-45(50(44)51)43-24-23-41(40)48(33)49(42)43/h11-28,30H,29,31-32H2,1-10H3. The molecule has 1 aliphatic carbocycles. The quantitative estimate of drug-likeness (QED) is 0.0697. The number of cyclic esters (lactones) is 2. The molecule has 306 valence electrons. The molecule has 4 heteroatoms. The van der Waals surface area contributed by atoms with Crippen molar-refractivity contribution in [3.05, 3.63) is 149 Å². The fourth-order valence-corrected chi connectivity index (χ4v) is 11.6. The van der Waals surface area contributed by atoms with Crippen LogP contribution in [0.15, 0.2) is 115 Å². The van der Waals surface area contributed by atoms with Crippen molar-refractivity contribution in [1.82, 2.24) is 0 Å². The summed E-state index contributed by atoms with van der Waals surface area (Å²) in [4.78, 5) is 28.1. The molecule has 10 rings (SSSR count). The lowest BCUT2D eigenvalue weighted by Gasteiger charge is -2.34. The van der Waals surface area contributed by atoms with E-state index in [0.29, 0.717) is 16.5 Å². The first-order valence-corrected chi connectivity index (χ1v) is 21.9. The summed E-state index contributed by atoms with van der Waals surface area (Å²) in [5, 5.41) is 8.52. The average molecular weight is 802 g/mol. The maximum absolute atomic E-state index is 12.9. The molecular formula is C57H55NO3. The van der Waals surface area contributed by atoms with Crippen molar-refractivity contribution >= 4 is 72.1 Å². The number of anilines is 3. The summed E-state index contributed by atoms with van der Waals surface area (Å²) in [5.41, 5.74) is 12.6. The van der Waals surface area contributed by atoms with E-state index in [-0.39, 0.29) is 21.7 Å².